The van der Waals surface area contributed by atoms with E-state index >= 15 is 0 Å². The maximum absolute atomic E-state index is 12.6. The zero-order valence-corrected chi connectivity index (χ0v) is 14.8. The molecule has 1 N–H and O–H groups in total. The monoisotopic (exact) mass is 337 g/mol. The zero-order valence-electron chi connectivity index (χ0n) is 14.8. The van der Waals surface area contributed by atoms with Crippen LogP contribution >= 0.6 is 0 Å². The summed E-state index contributed by atoms with van der Waals surface area (Å²) in [6.07, 6.45) is 0. The van der Waals surface area contributed by atoms with Gasteiger partial charge in [-0.2, -0.15) is 5.26 Å². The fraction of sp³-hybridized carbons (Fsp3) is 0.300. The zero-order chi connectivity index (χ0) is 18.2. The normalized spacial score (nSPS) is 11.3. The molecule has 0 fully saturated rings. The molecule has 0 saturated heterocycles. The highest BCUT2D eigenvalue weighted by Gasteiger charge is 2.20. The van der Waals surface area contributed by atoms with Crippen molar-refractivity contribution in [3.05, 3.63) is 65.2 Å². The Morgan fingerprint density at radius 2 is 1.92 bits per heavy atom. The molecule has 0 aromatic heterocycles. The van der Waals surface area contributed by atoms with Crippen molar-refractivity contribution >= 4 is 6.03 Å². The highest BCUT2D eigenvalue weighted by molar-refractivity contribution is 5.74. The number of amides is 2. The third-order valence-corrected chi connectivity index (χ3v) is 4.21. The van der Waals surface area contributed by atoms with E-state index in [-0.39, 0.29) is 12.1 Å². The molecular formula is C20H23N3O2. The van der Waals surface area contributed by atoms with Gasteiger partial charge < -0.3 is 15.0 Å². The highest BCUT2D eigenvalue weighted by atomic mass is 16.5. The lowest BCUT2D eigenvalue weighted by molar-refractivity contribution is 0.182. The maximum Gasteiger partial charge on any atom is 0.318 e. The summed E-state index contributed by atoms with van der Waals surface area (Å²) in [5.41, 5.74) is 2.54. The quantitative estimate of drug-likeness (QED) is 0.870. The molecule has 5 heteroatoms. The number of urea groups is 1. The van der Waals surface area contributed by atoms with Gasteiger partial charge in [0.2, 0.25) is 0 Å². The molecule has 25 heavy (non-hydrogen) atoms. The number of nitrogens with one attached hydrogen (secondary N) is 1. The van der Waals surface area contributed by atoms with E-state index < -0.39 is 0 Å². The third kappa shape index (κ3) is 4.51. The van der Waals surface area contributed by atoms with Crippen LogP contribution in [-0.4, -0.2) is 24.6 Å². The number of para-hydroxylation sites is 1. The van der Waals surface area contributed by atoms with Gasteiger partial charge in [0.1, 0.15) is 5.75 Å². The van der Waals surface area contributed by atoms with Crippen LogP contribution in [0.15, 0.2) is 48.5 Å². The number of benzene rings is 2. The molecule has 2 amide bonds. The van der Waals surface area contributed by atoms with Crippen LogP contribution in [0.2, 0.25) is 0 Å². The van der Waals surface area contributed by atoms with Crippen LogP contribution in [0, 0.1) is 11.3 Å². The molecule has 0 spiro atoms. The SMILES string of the molecule is CCN(C(=O)NCc1ccccc1OC)[C@@H](C)c1ccc(C#N)cc1. The van der Waals surface area contributed by atoms with E-state index in [4.69, 9.17) is 10.00 Å². The molecule has 0 aliphatic carbocycles. The Morgan fingerprint density at radius 1 is 1.24 bits per heavy atom. The van der Waals surface area contributed by atoms with E-state index in [2.05, 4.69) is 11.4 Å². The summed E-state index contributed by atoms with van der Waals surface area (Å²) < 4.78 is 5.31. The van der Waals surface area contributed by atoms with Crippen molar-refractivity contribution in [1.82, 2.24) is 10.2 Å². The third-order valence-electron chi connectivity index (χ3n) is 4.21. The van der Waals surface area contributed by atoms with Crippen LogP contribution in [0.25, 0.3) is 0 Å². The van der Waals surface area contributed by atoms with Crippen LogP contribution in [0.3, 0.4) is 0 Å². The summed E-state index contributed by atoms with van der Waals surface area (Å²) >= 11 is 0. The number of ether oxygens (including phenoxy) is 1. The van der Waals surface area contributed by atoms with Crippen LogP contribution in [-0.2, 0) is 6.54 Å². The standard InChI is InChI=1S/C20H23N3O2/c1-4-23(15(2)17-11-9-16(13-21)10-12-17)20(24)22-14-18-7-5-6-8-19(18)25-3/h5-12,15H,4,14H2,1-3H3,(H,22,24)/t15-/m0/s1. The Kier molecular flexibility index (Phi) is 6.41. The average molecular weight is 337 g/mol. The number of methoxy groups -OCH3 is 1. The Hall–Kier alpha value is -3.00. The van der Waals surface area contributed by atoms with E-state index in [0.29, 0.717) is 18.7 Å². The molecule has 0 unspecified atom stereocenters. The molecule has 2 aromatic carbocycles. The smallest absolute Gasteiger partial charge is 0.318 e. The van der Waals surface area contributed by atoms with Gasteiger partial charge in [0, 0.05) is 18.7 Å². The van der Waals surface area contributed by atoms with Crippen molar-refractivity contribution in [2.24, 2.45) is 0 Å². The van der Waals surface area contributed by atoms with Gasteiger partial charge in [-0.15, -0.1) is 0 Å². The first-order valence-corrected chi connectivity index (χ1v) is 8.27. The molecule has 2 rings (SSSR count). The predicted octanol–water partition coefficient (Wildman–Crippen LogP) is 3.86. The molecular weight excluding hydrogens is 314 g/mol. The Morgan fingerprint density at radius 3 is 2.52 bits per heavy atom. The van der Waals surface area contributed by atoms with Crippen LogP contribution in [0.5, 0.6) is 5.75 Å². The number of carbonyl (C=O) groups is 1. The van der Waals surface area contributed by atoms with Gasteiger partial charge in [-0.25, -0.2) is 4.79 Å². The van der Waals surface area contributed by atoms with Crippen LogP contribution in [0.4, 0.5) is 4.79 Å². The van der Waals surface area contributed by atoms with Gasteiger partial charge in [0.05, 0.1) is 24.8 Å². The second-order valence-corrected chi connectivity index (χ2v) is 5.67. The molecule has 0 bridgehead atoms. The summed E-state index contributed by atoms with van der Waals surface area (Å²) in [6, 6.07) is 16.8. The summed E-state index contributed by atoms with van der Waals surface area (Å²) in [5, 5.41) is 11.8. The van der Waals surface area contributed by atoms with Gasteiger partial charge in [-0.05, 0) is 37.6 Å². The van der Waals surface area contributed by atoms with E-state index in [0.717, 1.165) is 16.9 Å². The van der Waals surface area contributed by atoms with Crippen molar-refractivity contribution in [2.45, 2.75) is 26.4 Å². The van der Waals surface area contributed by atoms with Gasteiger partial charge in [-0.3, -0.25) is 0 Å². The minimum absolute atomic E-state index is 0.0876. The van der Waals surface area contributed by atoms with Gasteiger partial charge in [-0.1, -0.05) is 30.3 Å². The molecule has 0 saturated carbocycles. The van der Waals surface area contributed by atoms with E-state index in [1.807, 2.05) is 50.2 Å². The van der Waals surface area contributed by atoms with Gasteiger partial charge in [0.15, 0.2) is 0 Å². The summed E-state index contributed by atoms with van der Waals surface area (Å²) in [5.74, 6) is 0.756. The van der Waals surface area contributed by atoms with Crippen molar-refractivity contribution < 1.29 is 9.53 Å². The summed E-state index contributed by atoms with van der Waals surface area (Å²) in [7, 11) is 1.62. The summed E-state index contributed by atoms with van der Waals surface area (Å²) in [6.45, 7) is 4.91. The van der Waals surface area contributed by atoms with Gasteiger partial charge >= 0.3 is 6.03 Å². The van der Waals surface area contributed by atoms with Crippen LogP contribution < -0.4 is 10.1 Å². The average Bonchev–Trinajstić information content (AvgIpc) is 2.67. The Bertz CT molecular complexity index is 750. The number of hydrogen-bond acceptors (Lipinski definition) is 3. The number of nitrogens with zero attached hydrogens (tertiary/aromatic N) is 2. The van der Waals surface area contributed by atoms with Crippen molar-refractivity contribution in [1.29, 1.82) is 5.26 Å². The Balaban J connectivity index is 2.05. The lowest BCUT2D eigenvalue weighted by atomic mass is 10.1. The largest absolute Gasteiger partial charge is 0.496 e. The number of hydrogen-bond donors (Lipinski definition) is 1. The molecule has 5 nitrogen and oxygen atoms in total. The van der Waals surface area contributed by atoms with Gasteiger partial charge in [0.25, 0.3) is 0 Å². The summed E-state index contributed by atoms with van der Waals surface area (Å²) in [4.78, 5) is 14.4. The number of carbonyl (C=O) groups excluding carboxylic acids is 1. The van der Waals surface area contributed by atoms with E-state index in [9.17, 15) is 4.79 Å². The number of rotatable bonds is 6. The minimum atomic E-state index is -0.134. The van der Waals surface area contributed by atoms with Crippen molar-refractivity contribution in [3.8, 4) is 11.8 Å². The number of nitriles is 1. The van der Waals surface area contributed by atoms with E-state index in [1.165, 1.54) is 0 Å². The molecule has 0 aliphatic rings. The second kappa shape index (κ2) is 8.74. The van der Waals surface area contributed by atoms with Crippen molar-refractivity contribution in [3.63, 3.8) is 0 Å². The Labute approximate surface area is 148 Å². The molecule has 2 aromatic rings. The predicted molar refractivity (Wildman–Crippen MR) is 97.2 cm³/mol. The highest BCUT2D eigenvalue weighted by Crippen LogP contribution is 2.21. The molecule has 0 radical (unpaired) electrons. The molecule has 0 heterocycles. The van der Waals surface area contributed by atoms with E-state index in [1.54, 1.807) is 24.1 Å². The first kappa shape index (κ1) is 18.3. The van der Waals surface area contributed by atoms with Crippen molar-refractivity contribution in [2.75, 3.05) is 13.7 Å². The fourth-order valence-electron chi connectivity index (χ4n) is 2.73. The topological polar surface area (TPSA) is 65.4 Å². The first-order chi connectivity index (χ1) is 12.1. The van der Waals surface area contributed by atoms with Crippen LogP contribution in [0.1, 0.15) is 36.6 Å². The molecule has 0 aliphatic heterocycles. The lowest BCUT2D eigenvalue weighted by Gasteiger charge is -2.28. The molecule has 130 valence electrons. The first-order valence-electron chi connectivity index (χ1n) is 8.27. The fourth-order valence-corrected chi connectivity index (χ4v) is 2.73. The lowest BCUT2D eigenvalue weighted by Crippen LogP contribution is -2.41. The molecule has 1 atom stereocenters. The minimum Gasteiger partial charge on any atom is -0.496 e. The maximum atomic E-state index is 12.6. The second-order valence-electron chi connectivity index (χ2n) is 5.67.